The summed E-state index contributed by atoms with van der Waals surface area (Å²) in [6.45, 7) is 3.45. The summed E-state index contributed by atoms with van der Waals surface area (Å²) in [6, 6.07) is 19.0. The van der Waals surface area contributed by atoms with Crippen molar-refractivity contribution >= 4 is 28.6 Å². The number of carbonyl (C=O) groups is 1. The van der Waals surface area contributed by atoms with Gasteiger partial charge in [-0.1, -0.05) is 41.9 Å². The Labute approximate surface area is 230 Å². The maximum absolute atomic E-state index is 13.7. The second-order valence-corrected chi connectivity index (χ2v) is 11.1. The third kappa shape index (κ3) is 6.65. The van der Waals surface area contributed by atoms with Crippen molar-refractivity contribution < 1.29 is 23.4 Å². The van der Waals surface area contributed by atoms with E-state index in [4.69, 9.17) is 4.74 Å². The Morgan fingerprint density at radius 3 is 2.59 bits per heavy atom. The van der Waals surface area contributed by atoms with Crippen LogP contribution >= 0.6 is 11.8 Å². The van der Waals surface area contributed by atoms with E-state index in [-0.39, 0.29) is 11.9 Å². The molecule has 0 unspecified atom stereocenters. The van der Waals surface area contributed by atoms with Crippen LogP contribution in [0.4, 0.5) is 8.78 Å². The van der Waals surface area contributed by atoms with Gasteiger partial charge in [0.2, 0.25) is 0 Å². The van der Waals surface area contributed by atoms with E-state index in [1.807, 2.05) is 42.5 Å². The number of thioether (sulfide) groups is 1. The van der Waals surface area contributed by atoms with E-state index in [0.717, 1.165) is 52.1 Å². The Bertz CT molecular complexity index is 1610. The summed E-state index contributed by atoms with van der Waals surface area (Å²) in [5.41, 5.74) is 2.85. The molecule has 1 aliphatic rings. The summed E-state index contributed by atoms with van der Waals surface area (Å²) in [4.78, 5) is 17.2. The van der Waals surface area contributed by atoms with Crippen LogP contribution < -0.4 is 0 Å². The normalized spacial score (nSPS) is 13.2. The lowest BCUT2D eigenvalue weighted by Gasteiger charge is -2.22. The Hall–Kier alpha value is -3.73. The van der Waals surface area contributed by atoms with Gasteiger partial charge in [0.15, 0.2) is 11.6 Å². The fraction of sp³-hybridized carbons (Fsp3) is 0.250. The molecule has 1 aromatic heterocycles. The summed E-state index contributed by atoms with van der Waals surface area (Å²) in [7, 11) is 0. The van der Waals surface area contributed by atoms with Crippen molar-refractivity contribution in [3.05, 3.63) is 95.2 Å². The molecule has 0 aliphatic heterocycles. The first-order valence-electron chi connectivity index (χ1n) is 12.7. The quantitative estimate of drug-likeness (QED) is 0.116. The largest absolute Gasteiger partial charge is 0.454 e. The van der Waals surface area contributed by atoms with Gasteiger partial charge >= 0.3 is 5.97 Å². The molecule has 39 heavy (non-hydrogen) atoms. The van der Waals surface area contributed by atoms with Crippen LogP contribution in [0.3, 0.4) is 0 Å². The number of fused-ring (bicyclic) bond motifs is 1. The molecule has 1 heterocycles. The summed E-state index contributed by atoms with van der Waals surface area (Å²) < 4.78 is 32.6. The van der Waals surface area contributed by atoms with Gasteiger partial charge in [0.05, 0.1) is 11.1 Å². The molecule has 3 aromatic carbocycles. The summed E-state index contributed by atoms with van der Waals surface area (Å²) in [5, 5.41) is 11.4. The van der Waals surface area contributed by atoms with E-state index in [2.05, 4.69) is 16.8 Å². The number of benzene rings is 3. The van der Waals surface area contributed by atoms with Gasteiger partial charge in [0.25, 0.3) is 0 Å². The van der Waals surface area contributed by atoms with Crippen molar-refractivity contribution in [3.8, 4) is 23.0 Å². The molecule has 1 fully saturated rings. The first-order chi connectivity index (χ1) is 18.7. The predicted octanol–water partition coefficient (Wildman–Crippen LogP) is 7.20. The monoisotopic (exact) mass is 543 g/mol. The SMILES string of the molecule is CC(C)(O)c1cc(-c2ccccc2C#Cc2ccc3cc(F)c(F)cc3n2)ccc1SCOC(=O)CC1CC1. The van der Waals surface area contributed by atoms with Gasteiger partial charge in [-0.3, -0.25) is 4.79 Å². The van der Waals surface area contributed by atoms with Crippen LogP contribution in [0, 0.1) is 29.4 Å². The average molecular weight is 544 g/mol. The zero-order chi connectivity index (χ0) is 27.6. The molecule has 7 heteroatoms. The number of hydrogen-bond acceptors (Lipinski definition) is 5. The number of aliphatic hydroxyl groups is 1. The van der Waals surface area contributed by atoms with Crippen LogP contribution in [-0.4, -0.2) is 22.0 Å². The Morgan fingerprint density at radius 1 is 1.05 bits per heavy atom. The standard InChI is InChI=1S/C32H27F2NO3S/c1-32(2,37)26-16-22(11-14-30(26)39-19-38-31(36)15-20-7-8-20)25-6-4-3-5-21(25)9-12-24-13-10-23-17-27(33)28(34)18-29(23)35-24/h3-6,10-11,13-14,16-18,20,37H,7-8,15,19H2,1-2H3. The van der Waals surface area contributed by atoms with Crippen molar-refractivity contribution in [2.75, 3.05) is 5.94 Å². The lowest BCUT2D eigenvalue weighted by molar-refractivity contribution is -0.141. The van der Waals surface area contributed by atoms with E-state index in [1.165, 1.54) is 11.8 Å². The van der Waals surface area contributed by atoms with Gasteiger partial charge in [0.1, 0.15) is 11.6 Å². The fourth-order valence-electron chi connectivity index (χ4n) is 4.24. The summed E-state index contributed by atoms with van der Waals surface area (Å²) in [6.07, 6.45) is 2.66. The number of nitrogens with zero attached hydrogens (tertiary/aromatic N) is 1. The molecule has 1 N–H and O–H groups in total. The lowest BCUT2D eigenvalue weighted by Crippen LogP contribution is -2.17. The highest BCUT2D eigenvalue weighted by molar-refractivity contribution is 7.99. The molecule has 0 atom stereocenters. The molecule has 0 bridgehead atoms. The maximum atomic E-state index is 13.7. The highest BCUT2D eigenvalue weighted by Crippen LogP contribution is 2.36. The fourth-order valence-corrected chi connectivity index (χ4v) is 5.19. The second-order valence-electron chi connectivity index (χ2n) is 10.1. The maximum Gasteiger partial charge on any atom is 0.306 e. The molecule has 1 aliphatic carbocycles. The molecule has 198 valence electrons. The number of carbonyl (C=O) groups excluding carboxylic acids is 1. The van der Waals surface area contributed by atoms with Crippen molar-refractivity contribution in [1.82, 2.24) is 4.98 Å². The van der Waals surface area contributed by atoms with Gasteiger partial charge in [-0.15, -0.1) is 0 Å². The van der Waals surface area contributed by atoms with E-state index in [0.29, 0.717) is 28.9 Å². The Balaban J connectivity index is 1.41. The first-order valence-corrected chi connectivity index (χ1v) is 13.7. The number of aromatic nitrogens is 1. The number of esters is 1. The summed E-state index contributed by atoms with van der Waals surface area (Å²) in [5.74, 6) is 4.79. The van der Waals surface area contributed by atoms with Crippen LogP contribution in [-0.2, 0) is 15.1 Å². The Kier molecular flexibility index (Phi) is 7.69. The van der Waals surface area contributed by atoms with Gasteiger partial charge < -0.3 is 9.84 Å². The van der Waals surface area contributed by atoms with Crippen LogP contribution in [0.2, 0.25) is 0 Å². The molecule has 4 nitrogen and oxygen atoms in total. The lowest BCUT2D eigenvalue weighted by atomic mass is 9.92. The number of pyridine rings is 1. The molecule has 0 amide bonds. The van der Waals surface area contributed by atoms with E-state index in [1.54, 1.807) is 26.0 Å². The molecule has 1 saturated carbocycles. The first kappa shape index (κ1) is 26.9. The van der Waals surface area contributed by atoms with Crippen molar-refractivity contribution in [2.45, 2.75) is 43.6 Å². The molecule has 5 rings (SSSR count). The van der Waals surface area contributed by atoms with Crippen LogP contribution in [0.1, 0.15) is 49.9 Å². The van der Waals surface area contributed by atoms with Crippen molar-refractivity contribution in [3.63, 3.8) is 0 Å². The third-order valence-corrected chi connectivity index (χ3v) is 7.42. The van der Waals surface area contributed by atoms with Gasteiger partial charge in [0, 0.05) is 28.3 Å². The Morgan fingerprint density at radius 2 is 1.82 bits per heavy atom. The molecule has 0 saturated heterocycles. The topological polar surface area (TPSA) is 59.4 Å². The minimum Gasteiger partial charge on any atom is -0.454 e. The molecular weight excluding hydrogens is 516 g/mol. The van der Waals surface area contributed by atoms with E-state index >= 15 is 0 Å². The predicted molar refractivity (Wildman–Crippen MR) is 149 cm³/mol. The molecule has 0 radical (unpaired) electrons. The van der Waals surface area contributed by atoms with Crippen molar-refractivity contribution in [2.24, 2.45) is 5.92 Å². The molecular formula is C32H27F2NO3S. The van der Waals surface area contributed by atoms with Crippen molar-refractivity contribution in [1.29, 1.82) is 0 Å². The summed E-state index contributed by atoms with van der Waals surface area (Å²) >= 11 is 1.38. The minimum absolute atomic E-state index is 0.183. The minimum atomic E-state index is -1.12. The zero-order valence-corrected chi connectivity index (χ0v) is 22.4. The zero-order valence-electron chi connectivity index (χ0n) is 21.6. The third-order valence-electron chi connectivity index (χ3n) is 6.52. The van der Waals surface area contributed by atoms with Gasteiger partial charge in [-0.25, -0.2) is 13.8 Å². The van der Waals surface area contributed by atoms with E-state index in [9.17, 15) is 18.7 Å². The number of ether oxygens (including phenoxy) is 1. The average Bonchev–Trinajstić information content (AvgIpc) is 3.72. The molecule has 4 aromatic rings. The van der Waals surface area contributed by atoms with Crippen LogP contribution in [0.25, 0.3) is 22.0 Å². The number of hydrogen-bond donors (Lipinski definition) is 1. The smallest absolute Gasteiger partial charge is 0.306 e. The van der Waals surface area contributed by atoms with Gasteiger partial charge in [-0.2, -0.15) is 0 Å². The number of halogens is 2. The number of rotatable bonds is 7. The highest BCUT2D eigenvalue weighted by Gasteiger charge is 2.26. The second kappa shape index (κ2) is 11.2. The van der Waals surface area contributed by atoms with Crippen LogP contribution in [0.15, 0.2) is 71.6 Å². The van der Waals surface area contributed by atoms with Gasteiger partial charge in [-0.05, 0) is 91.6 Å². The highest BCUT2D eigenvalue weighted by atomic mass is 32.2. The van der Waals surface area contributed by atoms with E-state index < -0.39 is 17.2 Å². The van der Waals surface area contributed by atoms with Crippen LogP contribution in [0.5, 0.6) is 0 Å². The molecule has 0 spiro atoms.